The molecule has 1 atom stereocenters. The van der Waals surface area contributed by atoms with Gasteiger partial charge < -0.3 is 20.0 Å². The van der Waals surface area contributed by atoms with Crippen LogP contribution in [0.25, 0.3) is 11.0 Å². The Morgan fingerprint density at radius 2 is 2.15 bits per heavy atom. The highest BCUT2D eigenvalue weighted by atomic mass is 16.3. The maximum atomic E-state index is 12.5. The Morgan fingerprint density at radius 1 is 1.35 bits per heavy atom. The monoisotopic (exact) mass is 273 g/mol. The van der Waals surface area contributed by atoms with Crippen molar-refractivity contribution in [3.05, 3.63) is 30.0 Å². The fourth-order valence-electron chi connectivity index (χ4n) is 2.56. The highest BCUT2D eigenvalue weighted by molar-refractivity contribution is 5.96. The Morgan fingerprint density at radius 3 is 2.90 bits per heavy atom. The van der Waals surface area contributed by atoms with Crippen LogP contribution >= 0.6 is 0 Å². The molecule has 1 saturated heterocycles. The van der Waals surface area contributed by atoms with Gasteiger partial charge in [0.2, 0.25) is 0 Å². The summed E-state index contributed by atoms with van der Waals surface area (Å²) in [6.45, 7) is 4.48. The molecule has 2 N–H and O–H groups in total. The Bertz CT molecular complexity index is 650. The topological polar surface area (TPSA) is 62.7 Å². The van der Waals surface area contributed by atoms with E-state index in [1.165, 1.54) is 0 Å². The summed E-state index contributed by atoms with van der Waals surface area (Å²) in [5.74, 6) is 0.349. The van der Waals surface area contributed by atoms with Crippen molar-refractivity contribution in [2.24, 2.45) is 0 Å². The van der Waals surface area contributed by atoms with E-state index in [0.717, 1.165) is 25.0 Å². The van der Waals surface area contributed by atoms with Gasteiger partial charge in [-0.05, 0) is 38.2 Å². The molecule has 1 fully saturated rings. The van der Waals surface area contributed by atoms with Gasteiger partial charge in [0.1, 0.15) is 5.58 Å². The molecule has 1 aromatic carbocycles. The minimum absolute atomic E-state index is 0.0419. The van der Waals surface area contributed by atoms with Crippen LogP contribution in [0.3, 0.4) is 0 Å². The zero-order valence-corrected chi connectivity index (χ0v) is 11.8. The average molecular weight is 273 g/mol. The fourth-order valence-corrected chi connectivity index (χ4v) is 2.56. The van der Waals surface area contributed by atoms with Crippen LogP contribution in [-0.4, -0.2) is 48.4 Å². The van der Waals surface area contributed by atoms with E-state index in [-0.39, 0.29) is 5.91 Å². The zero-order valence-electron chi connectivity index (χ0n) is 11.8. The van der Waals surface area contributed by atoms with Gasteiger partial charge in [-0.2, -0.15) is 0 Å². The van der Waals surface area contributed by atoms with Gasteiger partial charge >= 0.3 is 0 Å². The number of carbonyl (C=O) groups excluding carboxylic acids is 1. The van der Waals surface area contributed by atoms with E-state index in [9.17, 15) is 4.79 Å². The van der Waals surface area contributed by atoms with Gasteiger partial charge in [-0.15, -0.1) is 0 Å². The number of hydrogen-bond donors (Lipinski definition) is 1. The number of anilines is 1. The minimum atomic E-state index is -0.0419. The van der Waals surface area contributed by atoms with E-state index in [1.54, 1.807) is 18.2 Å². The predicted octanol–water partition coefficient (Wildman–Crippen LogP) is 1.79. The van der Waals surface area contributed by atoms with Crippen LogP contribution in [0.15, 0.2) is 28.7 Å². The summed E-state index contributed by atoms with van der Waals surface area (Å²) in [6, 6.07) is 7.54. The smallest absolute Gasteiger partial charge is 0.289 e. The molecular formula is C15H19N3O2. The fraction of sp³-hybridized carbons (Fsp3) is 0.400. The Labute approximate surface area is 117 Å². The lowest BCUT2D eigenvalue weighted by Gasteiger charge is -2.37. The van der Waals surface area contributed by atoms with Gasteiger partial charge in [0.15, 0.2) is 5.76 Å². The van der Waals surface area contributed by atoms with Crippen LogP contribution < -0.4 is 5.73 Å². The molecule has 3 rings (SSSR count). The largest absolute Gasteiger partial charge is 0.451 e. The van der Waals surface area contributed by atoms with E-state index < -0.39 is 0 Å². The van der Waals surface area contributed by atoms with Crippen molar-refractivity contribution >= 4 is 22.6 Å². The lowest BCUT2D eigenvalue weighted by atomic mass is 10.2. The molecule has 5 heteroatoms. The number of piperazine rings is 1. The number of amides is 1. The number of rotatable bonds is 1. The SMILES string of the molecule is CC1CN(C(=O)c2cc3cc(N)ccc3o2)CCN1C. The molecular weight excluding hydrogens is 254 g/mol. The van der Waals surface area contributed by atoms with E-state index in [1.807, 2.05) is 11.0 Å². The lowest BCUT2D eigenvalue weighted by Crippen LogP contribution is -2.51. The summed E-state index contributed by atoms with van der Waals surface area (Å²) in [7, 11) is 2.08. The minimum Gasteiger partial charge on any atom is -0.451 e. The molecule has 106 valence electrons. The molecule has 1 unspecified atom stereocenters. The third-order valence-corrected chi connectivity index (χ3v) is 4.00. The van der Waals surface area contributed by atoms with Crippen molar-refractivity contribution in [3.8, 4) is 0 Å². The molecule has 0 radical (unpaired) electrons. The summed E-state index contributed by atoms with van der Waals surface area (Å²) in [4.78, 5) is 16.6. The number of furan rings is 1. The van der Waals surface area contributed by atoms with Gasteiger partial charge in [-0.1, -0.05) is 0 Å². The van der Waals surface area contributed by atoms with Crippen LogP contribution in [0.4, 0.5) is 5.69 Å². The highest BCUT2D eigenvalue weighted by Gasteiger charge is 2.26. The van der Waals surface area contributed by atoms with Crippen LogP contribution in [-0.2, 0) is 0 Å². The van der Waals surface area contributed by atoms with Gasteiger partial charge in [-0.25, -0.2) is 0 Å². The first-order chi connectivity index (χ1) is 9.54. The highest BCUT2D eigenvalue weighted by Crippen LogP contribution is 2.23. The number of carbonyl (C=O) groups is 1. The van der Waals surface area contributed by atoms with Crippen molar-refractivity contribution in [2.45, 2.75) is 13.0 Å². The maximum absolute atomic E-state index is 12.5. The van der Waals surface area contributed by atoms with Gasteiger partial charge in [0.05, 0.1) is 0 Å². The van der Waals surface area contributed by atoms with Crippen LogP contribution in [0, 0.1) is 0 Å². The van der Waals surface area contributed by atoms with Crippen molar-refractivity contribution in [1.29, 1.82) is 0 Å². The summed E-state index contributed by atoms with van der Waals surface area (Å²) >= 11 is 0. The standard InChI is InChI=1S/C15H19N3O2/c1-10-9-18(6-5-17(10)2)15(19)14-8-11-7-12(16)3-4-13(11)20-14/h3-4,7-8,10H,5-6,9,16H2,1-2H3. The van der Waals surface area contributed by atoms with Crippen LogP contribution in [0.5, 0.6) is 0 Å². The summed E-state index contributed by atoms with van der Waals surface area (Å²) in [5.41, 5.74) is 7.11. The molecule has 5 nitrogen and oxygen atoms in total. The molecule has 1 aliphatic rings. The number of likely N-dealkylation sites (N-methyl/N-ethyl adjacent to an activating group) is 1. The third kappa shape index (κ3) is 2.25. The van der Waals surface area contributed by atoms with Gasteiger partial charge in [-0.3, -0.25) is 4.79 Å². The summed E-state index contributed by atoms with van der Waals surface area (Å²) in [5, 5.41) is 0.871. The molecule has 20 heavy (non-hydrogen) atoms. The van der Waals surface area contributed by atoms with Crippen molar-refractivity contribution in [1.82, 2.24) is 9.80 Å². The van der Waals surface area contributed by atoms with Crippen molar-refractivity contribution < 1.29 is 9.21 Å². The number of benzene rings is 1. The van der Waals surface area contributed by atoms with E-state index in [0.29, 0.717) is 23.1 Å². The molecule has 1 amide bonds. The van der Waals surface area contributed by atoms with Gasteiger partial charge in [0.25, 0.3) is 5.91 Å². The average Bonchev–Trinajstić information content (AvgIpc) is 2.84. The summed E-state index contributed by atoms with van der Waals surface area (Å²) < 4.78 is 5.64. The second kappa shape index (κ2) is 4.83. The maximum Gasteiger partial charge on any atom is 0.289 e. The molecule has 0 bridgehead atoms. The zero-order chi connectivity index (χ0) is 14.3. The lowest BCUT2D eigenvalue weighted by molar-refractivity contribution is 0.0545. The molecule has 0 saturated carbocycles. The first-order valence-electron chi connectivity index (χ1n) is 6.83. The first kappa shape index (κ1) is 13.0. The number of nitrogen functional groups attached to an aromatic ring is 1. The molecule has 2 aromatic rings. The number of hydrogen-bond acceptors (Lipinski definition) is 4. The van der Waals surface area contributed by atoms with Crippen LogP contribution in [0.1, 0.15) is 17.5 Å². The van der Waals surface area contributed by atoms with E-state index >= 15 is 0 Å². The van der Waals surface area contributed by atoms with Crippen LogP contribution in [0.2, 0.25) is 0 Å². The quantitative estimate of drug-likeness (QED) is 0.805. The van der Waals surface area contributed by atoms with Gasteiger partial charge in [0, 0.05) is 36.7 Å². The number of nitrogens with two attached hydrogens (primary N) is 1. The van der Waals surface area contributed by atoms with E-state index in [2.05, 4.69) is 18.9 Å². The van der Waals surface area contributed by atoms with Crippen molar-refractivity contribution in [3.63, 3.8) is 0 Å². The number of nitrogens with zero attached hydrogens (tertiary/aromatic N) is 2. The Kier molecular flexibility index (Phi) is 3.14. The summed E-state index contributed by atoms with van der Waals surface area (Å²) in [6.07, 6.45) is 0. The number of fused-ring (bicyclic) bond motifs is 1. The third-order valence-electron chi connectivity index (χ3n) is 4.00. The van der Waals surface area contributed by atoms with E-state index in [4.69, 9.17) is 10.2 Å². The predicted molar refractivity (Wildman–Crippen MR) is 78.6 cm³/mol. The molecule has 1 aromatic heterocycles. The Balaban J connectivity index is 1.85. The molecule has 0 aliphatic carbocycles. The molecule has 1 aliphatic heterocycles. The Hall–Kier alpha value is -2.01. The second-order valence-electron chi connectivity index (χ2n) is 5.49. The molecule has 0 spiro atoms. The first-order valence-corrected chi connectivity index (χ1v) is 6.83. The molecule has 2 heterocycles. The normalized spacial score (nSPS) is 20.5. The van der Waals surface area contributed by atoms with Crippen molar-refractivity contribution in [2.75, 3.05) is 32.4 Å². The second-order valence-corrected chi connectivity index (χ2v) is 5.49.